The molecule has 21 heavy (non-hydrogen) atoms. The molecule has 0 aromatic heterocycles. The molecule has 0 atom stereocenters. The molecule has 0 unspecified atom stereocenters. The number of methoxy groups -OCH3 is 1. The lowest BCUT2D eigenvalue weighted by Gasteiger charge is -2.34. The highest BCUT2D eigenvalue weighted by molar-refractivity contribution is 5.94. The van der Waals surface area contributed by atoms with E-state index in [9.17, 15) is 14.0 Å². The standard InChI is InChI=1S/C15H19FN2O3/c1-11-9-12(3-4-13(11)16)15(20)18-7-5-17(6-8-18)10-14(19)21-2/h3-4,9H,5-8,10H2,1-2H3. The summed E-state index contributed by atoms with van der Waals surface area (Å²) in [6.45, 7) is 4.23. The molecule has 1 amide bonds. The number of carbonyl (C=O) groups is 2. The summed E-state index contributed by atoms with van der Waals surface area (Å²) in [4.78, 5) is 27.2. The van der Waals surface area contributed by atoms with E-state index in [2.05, 4.69) is 4.74 Å². The molecule has 5 nitrogen and oxygen atoms in total. The number of ether oxygens (including phenoxy) is 1. The summed E-state index contributed by atoms with van der Waals surface area (Å²) >= 11 is 0. The van der Waals surface area contributed by atoms with E-state index in [4.69, 9.17) is 0 Å². The van der Waals surface area contributed by atoms with Crippen molar-refractivity contribution in [1.82, 2.24) is 9.80 Å². The largest absolute Gasteiger partial charge is 0.468 e. The zero-order chi connectivity index (χ0) is 15.4. The smallest absolute Gasteiger partial charge is 0.319 e. The molecule has 1 aromatic rings. The fraction of sp³-hybridized carbons (Fsp3) is 0.467. The van der Waals surface area contributed by atoms with Crippen LogP contribution in [0, 0.1) is 12.7 Å². The van der Waals surface area contributed by atoms with Gasteiger partial charge < -0.3 is 9.64 Å². The average Bonchev–Trinajstić information content (AvgIpc) is 2.50. The number of hydrogen-bond donors (Lipinski definition) is 0. The van der Waals surface area contributed by atoms with E-state index in [1.54, 1.807) is 17.9 Å². The Bertz CT molecular complexity index is 540. The van der Waals surface area contributed by atoms with Crippen LogP contribution in [0.2, 0.25) is 0 Å². The van der Waals surface area contributed by atoms with Gasteiger partial charge in [-0.3, -0.25) is 14.5 Å². The molecule has 0 saturated carbocycles. The van der Waals surface area contributed by atoms with Crippen molar-refractivity contribution in [2.45, 2.75) is 6.92 Å². The molecule has 1 fully saturated rings. The van der Waals surface area contributed by atoms with Crippen LogP contribution in [0.15, 0.2) is 18.2 Å². The molecule has 0 spiro atoms. The third-order valence-electron chi connectivity index (χ3n) is 3.64. The maximum atomic E-state index is 13.2. The molecule has 2 rings (SSSR count). The highest BCUT2D eigenvalue weighted by atomic mass is 19.1. The normalized spacial score (nSPS) is 15.9. The third-order valence-corrected chi connectivity index (χ3v) is 3.64. The summed E-state index contributed by atoms with van der Waals surface area (Å²) in [5.74, 6) is -0.686. The Morgan fingerprint density at radius 3 is 2.48 bits per heavy atom. The number of carbonyl (C=O) groups excluding carboxylic acids is 2. The number of rotatable bonds is 3. The van der Waals surface area contributed by atoms with Gasteiger partial charge in [0.1, 0.15) is 5.82 Å². The van der Waals surface area contributed by atoms with Crippen LogP contribution in [0.4, 0.5) is 4.39 Å². The second-order valence-corrected chi connectivity index (χ2v) is 5.11. The summed E-state index contributed by atoms with van der Waals surface area (Å²) in [7, 11) is 1.36. The summed E-state index contributed by atoms with van der Waals surface area (Å²) in [5.41, 5.74) is 0.959. The van der Waals surface area contributed by atoms with E-state index in [1.807, 2.05) is 4.90 Å². The first-order valence-corrected chi connectivity index (χ1v) is 6.86. The van der Waals surface area contributed by atoms with Gasteiger partial charge in [0.25, 0.3) is 5.91 Å². The number of halogens is 1. The summed E-state index contributed by atoms with van der Waals surface area (Å²) in [6, 6.07) is 4.39. The Morgan fingerprint density at radius 2 is 1.90 bits per heavy atom. The molecule has 0 aliphatic carbocycles. The molecule has 1 aliphatic rings. The maximum absolute atomic E-state index is 13.2. The van der Waals surface area contributed by atoms with Gasteiger partial charge in [-0.25, -0.2) is 4.39 Å². The Balaban J connectivity index is 1.93. The van der Waals surface area contributed by atoms with Crippen molar-refractivity contribution in [3.05, 3.63) is 35.1 Å². The van der Waals surface area contributed by atoms with Crippen LogP contribution in [-0.2, 0) is 9.53 Å². The van der Waals surface area contributed by atoms with Crippen LogP contribution in [-0.4, -0.2) is 61.5 Å². The molecule has 0 N–H and O–H groups in total. The van der Waals surface area contributed by atoms with Crippen LogP contribution in [0.25, 0.3) is 0 Å². The molecule has 6 heteroatoms. The fourth-order valence-electron chi connectivity index (χ4n) is 2.32. The third kappa shape index (κ3) is 3.78. The van der Waals surface area contributed by atoms with Gasteiger partial charge in [-0.1, -0.05) is 0 Å². The van der Waals surface area contributed by atoms with Crippen LogP contribution in [0.5, 0.6) is 0 Å². The number of hydrogen-bond acceptors (Lipinski definition) is 4. The number of benzene rings is 1. The van der Waals surface area contributed by atoms with Crippen LogP contribution >= 0.6 is 0 Å². The number of aryl methyl sites for hydroxylation is 1. The molecule has 1 heterocycles. The fourth-order valence-corrected chi connectivity index (χ4v) is 2.32. The van der Waals surface area contributed by atoms with E-state index in [0.29, 0.717) is 37.3 Å². The van der Waals surface area contributed by atoms with Gasteiger partial charge in [0.2, 0.25) is 0 Å². The SMILES string of the molecule is COC(=O)CN1CCN(C(=O)c2ccc(F)c(C)c2)CC1. The minimum Gasteiger partial charge on any atom is -0.468 e. The minimum atomic E-state index is -0.311. The minimum absolute atomic E-state index is 0.101. The van der Waals surface area contributed by atoms with Gasteiger partial charge in [0, 0.05) is 31.7 Å². The number of piperazine rings is 1. The molecule has 1 saturated heterocycles. The quantitative estimate of drug-likeness (QED) is 0.782. The second-order valence-electron chi connectivity index (χ2n) is 5.11. The highest BCUT2D eigenvalue weighted by Crippen LogP contribution is 2.13. The predicted molar refractivity (Wildman–Crippen MR) is 75.5 cm³/mol. The van der Waals surface area contributed by atoms with E-state index in [-0.39, 0.29) is 24.2 Å². The lowest BCUT2D eigenvalue weighted by Crippen LogP contribution is -2.50. The average molecular weight is 294 g/mol. The zero-order valence-electron chi connectivity index (χ0n) is 12.3. The Labute approximate surface area is 123 Å². The molecule has 1 aromatic carbocycles. The lowest BCUT2D eigenvalue weighted by atomic mass is 10.1. The van der Waals surface area contributed by atoms with Crippen molar-refractivity contribution in [2.75, 3.05) is 39.8 Å². The van der Waals surface area contributed by atoms with E-state index in [0.717, 1.165) is 0 Å². The Kier molecular flexibility index (Phi) is 4.90. The Hall–Kier alpha value is -1.95. The summed E-state index contributed by atoms with van der Waals surface area (Å²) in [5, 5.41) is 0. The van der Waals surface area contributed by atoms with Crippen molar-refractivity contribution in [3.63, 3.8) is 0 Å². The van der Waals surface area contributed by atoms with Crippen molar-refractivity contribution < 1.29 is 18.7 Å². The predicted octanol–water partition coefficient (Wildman–Crippen LogP) is 1.06. The lowest BCUT2D eigenvalue weighted by molar-refractivity contribution is -0.142. The van der Waals surface area contributed by atoms with Crippen molar-refractivity contribution >= 4 is 11.9 Å². The topological polar surface area (TPSA) is 49.9 Å². The van der Waals surface area contributed by atoms with Crippen LogP contribution in [0.3, 0.4) is 0 Å². The van der Waals surface area contributed by atoms with Gasteiger partial charge in [-0.15, -0.1) is 0 Å². The van der Waals surface area contributed by atoms with Crippen molar-refractivity contribution in [3.8, 4) is 0 Å². The van der Waals surface area contributed by atoms with E-state index >= 15 is 0 Å². The second kappa shape index (κ2) is 6.67. The molecule has 114 valence electrons. The molecule has 1 aliphatic heterocycles. The van der Waals surface area contributed by atoms with Gasteiger partial charge in [-0.05, 0) is 30.7 Å². The summed E-state index contributed by atoms with van der Waals surface area (Å²) < 4.78 is 17.9. The maximum Gasteiger partial charge on any atom is 0.319 e. The van der Waals surface area contributed by atoms with Gasteiger partial charge in [-0.2, -0.15) is 0 Å². The van der Waals surface area contributed by atoms with Crippen molar-refractivity contribution in [2.24, 2.45) is 0 Å². The zero-order valence-corrected chi connectivity index (χ0v) is 12.3. The first-order chi connectivity index (χ1) is 10.0. The van der Waals surface area contributed by atoms with Gasteiger partial charge in [0.15, 0.2) is 0 Å². The molecular formula is C15H19FN2O3. The first-order valence-electron chi connectivity index (χ1n) is 6.86. The molecular weight excluding hydrogens is 275 g/mol. The van der Waals surface area contributed by atoms with E-state index < -0.39 is 0 Å². The molecule has 0 radical (unpaired) electrons. The number of esters is 1. The van der Waals surface area contributed by atoms with Gasteiger partial charge >= 0.3 is 5.97 Å². The molecule has 0 bridgehead atoms. The van der Waals surface area contributed by atoms with E-state index in [1.165, 1.54) is 19.2 Å². The van der Waals surface area contributed by atoms with Crippen molar-refractivity contribution in [1.29, 1.82) is 0 Å². The van der Waals surface area contributed by atoms with Crippen LogP contribution < -0.4 is 0 Å². The number of amides is 1. The highest BCUT2D eigenvalue weighted by Gasteiger charge is 2.23. The Morgan fingerprint density at radius 1 is 1.24 bits per heavy atom. The first kappa shape index (κ1) is 15.4. The van der Waals surface area contributed by atoms with Gasteiger partial charge in [0.05, 0.1) is 13.7 Å². The van der Waals surface area contributed by atoms with Crippen LogP contribution in [0.1, 0.15) is 15.9 Å². The number of nitrogens with zero attached hydrogens (tertiary/aromatic N) is 2. The summed E-state index contributed by atoms with van der Waals surface area (Å²) in [6.07, 6.45) is 0. The monoisotopic (exact) mass is 294 g/mol.